The van der Waals surface area contributed by atoms with Crippen LogP contribution in [0.1, 0.15) is 11.1 Å². The topological polar surface area (TPSA) is 39.9 Å². The zero-order chi connectivity index (χ0) is 31.6. The zero-order valence-corrected chi connectivity index (χ0v) is 25.8. The van der Waals surface area contributed by atoms with E-state index >= 15 is 0 Å². The van der Waals surface area contributed by atoms with E-state index in [1.54, 1.807) is 0 Å². The number of nitrogens with zero attached hydrogens (tertiary/aromatic N) is 3. The SMILES string of the molecule is C1=Cc2cc3c(cc2Oc2ccccc21)c1ccccc1n3-c1cc(-c2nccc3ccccc23)cc(-c2nccc3ccccc23)c1. The third-order valence-electron chi connectivity index (χ3n) is 9.46. The van der Waals surface area contributed by atoms with Gasteiger partial charge in [-0.15, -0.1) is 0 Å². The molecule has 4 heterocycles. The molecule has 0 spiro atoms. The molecule has 0 saturated carbocycles. The van der Waals surface area contributed by atoms with Gasteiger partial charge < -0.3 is 9.30 Å². The van der Waals surface area contributed by atoms with Crippen LogP contribution in [0.15, 0.2) is 152 Å². The second kappa shape index (κ2) is 10.5. The van der Waals surface area contributed by atoms with Crippen molar-refractivity contribution in [3.05, 3.63) is 163 Å². The molecule has 48 heavy (non-hydrogen) atoms. The van der Waals surface area contributed by atoms with Gasteiger partial charge in [0.2, 0.25) is 0 Å². The van der Waals surface area contributed by atoms with Gasteiger partial charge in [-0.05, 0) is 65.4 Å². The van der Waals surface area contributed by atoms with Gasteiger partial charge in [-0.25, -0.2) is 0 Å². The predicted molar refractivity (Wildman–Crippen MR) is 198 cm³/mol. The van der Waals surface area contributed by atoms with Gasteiger partial charge in [-0.3, -0.25) is 9.97 Å². The Balaban J connectivity index is 1.28. The lowest BCUT2D eigenvalue weighted by Gasteiger charge is -2.15. The highest BCUT2D eigenvalue weighted by atomic mass is 16.5. The fourth-order valence-electron chi connectivity index (χ4n) is 7.23. The number of hydrogen-bond donors (Lipinski definition) is 0. The third-order valence-corrected chi connectivity index (χ3v) is 9.46. The molecule has 6 aromatic carbocycles. The molecule has 0 aliphatic carbocycles. The van der Waals surface area contributed by atoms with E-state index in [4.69, 9.17) is 14.7 Å². The van der Waals surface area contributed by atoms with Crippen LogP contribution in [0.4, 0.5) is 0 Å². The molecule has 0 fully saturated rings. The molecule has 1 aliphatic heterocycles. The molecule has 0 unspecified atom stereocenters. The summed E-state index contributed by atoms with van der Waals surface area (Å²) in [6, 6.07) is 49.1. The van der Waals surface area contributed by atoms with Crippen LogP contribution in [0.5, 0.6) is 11.5 Å². The van der Waals surface area contributed by atoms with Crippen molar-refractivity contribution in [2.45, 2.75) is 0 Å². The first-order valence-corrected chi connectivity index (χ1v) is 16.1. The summed E-state index contributed by atoms with van der Waals surface area (Å²) in [5.41, 5.74) is 9.33. The molecule has 9 aromatic rings. The minimum atomic E-state index is 0.848. The fourth-order valence-corrected chi connectivity index (χ4v) is 7.23. The standard InChI is InChI=1S/C44H27N3O/c1-4-12-35-28(9-1)19-21-45-43(35)32-23-33(44-36-13-5-2-10-29(36)20-22-46-44)25-34(24-32)47-39-15-7-6-14-37(39)38-27-42-31(26-40(38)47)18-17-30-11-3-8-16-41(30)48-42/h1-27H. The highest BCUT2D eigenvalue weighted by Gasteiger charge is 2.20. The summed E-state index contributed by atoms with van der Waals surface area (Å²) < 4.78 is 8.90. The number of para-hydroxylation sites is 2. The van der Waals surface area contributed by atoms with Gasteiger partial charge in [0.25, 0.3) is 0 Å². The second-order valence-corrected chi connectivity index (χ2v) is 12.3. The molecule has 0 bridgehead atoms. The molecule has 4 nitrogen and oxygen atoms in total. The van der Waals surface area contributed by atoms with Gasteiger partial charge in [0.1, 0.15) is 11.5 Å². The first-order chi connectivity index (χ1) is 23.8. The Kier molecular flexibility index (Phi) is 5.84. The second-order valence-electron chi connectivity index (χ2n) is 12.3. The molecule has 3 aromatic heterocycles. The number of fused-ring (bicyclic) bond motifs is 7. The van der Waals surface area contributed by atoms with Crippen LogP contribution in [-0.4, -0.2) is 14.5 Å². The van der Waals surface area contributed by atoms with Crippen LogP contribution in [0, 0.1) is 0 Å². The maximum Gasteiger partial charge on any atom is 0.135 e. The van der Waals surface area contributed by atoms with E-state index in [0.717, 1.165) is 88.8 Å². The smallest absolute Gasteiger partial charge is 0.135 e. The number of rotatable bonds is 3. The predicted octanol–water partition coefficient (Wildman–Crippen LogP) is 11.5. The number of benzene rings is 6. The highest BCUT2D eigenvalue weighted by molar-refractivity contribution is 6.11. The Labute approximate surface area is 276 Å². The van der Waals surface area contributed by atoms with Gasteiger partial charge in [-0.2, -0.15) is 0 Å². The van der Waals surface area contributed by atoms with E-state index in [2.05, 4.69) is 138 Å². The zero-order valence-electron chi connectivity index (χ0n) is 25.8. The summed E-state index contributed by atoms with van der Waals surface area (Å²) in [5, 5.41) is 6.84. The molecule has 0 radical (unpaired) electrons. The quantitative estimate of drug-likeness (QED) is 0.199. The Morgan fingerprint density at radius 1 is 0.438 bits per heavy atom. The van der Waals surface area contributed by atoms with E-state index in [-0.39, 0.29) is 0 Å². The van der Waals surface area contributed by atoms with Crippen LogP contribution >= 0.6 is 0 Å². The fraction of sp³-hybridized carbons (Fsp3) is 0. The molecule has 1 aliphatic rings. The molecular weight excluding hydrogens is 587 g/mol. The lowest BCUT2D eigenvalue weighted by Crippen LogP contribution is -1.98. The van der Waals surface area contributed by atoms with E-state index in [1.807, 2.05) is 30.6 Å². The molecule has 0 amide bonds. The number of pyridine rings is 2. The minimum absolute atomic E-state index is 0.848. The summed E-state index contributed by atoms with van der Waals surface area (Å²) in [6.45, 7) is 0. The molecule has 4 heteroatoms. The molecule has 0 N–H and O–H groups in total. The van der Waals surface area contributed by atoms with Crippen molar-refractivity contribution in [2.24, 2.45) is 0 Å². The van der Waals surface area contributed by atoms with Crippen molar-refractivity contribution < 1.29 is 4.74 Å². The number of hydrogen-bond acceptors (Lipinski definition) is 3. The van der Waals surface area contributed by atoms with Gasteiger partial charge in [0.15, 0.2) is 0 Å². The first-order valence-electron chi connectivity index (χ1n) is 16.1. The first kappa shape index (κ1) is 26.7. The number of ether oxygens (including phenoxy) is 1. The van der Waals surface area contributed by atoms with E-state index in [9.17, 15) is 0 Å². The normalized spacial score (nSPS) is 12.2. The molecule has 10 rings (SSSR count). The van der Waals surface area contributed by atoms with Gasteiger partial charge >= 0.3 is 0 Å². The summed E-state index contributed by atoms with van der Waals surface area (Å²) in [5.74, 6) is 1.71. The Morgan fingerprint density at radius 3 is 1.77 bits per heavy atom. The maximum atomic E-state index is 6.52. The third kappa shape index (κ3) is 4.16. The van der Waals surface area contributed by atoms with Crippen molar-refractivity contribution in [1.29, 1.82) is 0 Å². The van der Waals surface area contributed by atoms with E-state index in [0.29, 0.717) is 0 Å². The van der Waals surface area contributed by atoms with Crippen LogP contribution in [0.3, 0.4) is 0 Å². The molecule has 0 atom stereocenters. The summed E-state index contributed by atoms with van der Waals surface area (Å²) in [7, 11) is 0. The monoisotopic (exact) mass is 613 g/mol. The van der Waals surface area contributed by atoms with Crippen LogP contribution < -0.4 is 4.74 Å². The molecule has 0 saturated heterocycles. The largest absolute Gasteiger partial charge is 0.456 e. The van der Waals surface area contributed by atoms with Crippen LogP contribution in [0.2, 0.25) is 0 Å². The average Bonchev–Trinajstić information content (AvgIpc) is 3.34. The maximum absolute atomic E-state index is 6.52. The average molecular weight is 614 g/mol. The van der Waals surface area contributed by atoms with Gasteiger partial charge in [0.05, 0.1) is 22.4 Å². The lowest BCUT2D eigenvalue weighted by atomic mass is 9.97. The lowest BCUT2D eigenvalue weighted by molar-refractivity contribution is 0.482. The van der Waals surface area contributed by atoms with Gasteiger partial charge in [-0.1, -0.05) is 97.1 Å². The van der Waals surface area contributed by atoms with Crippen LogP contribution in [-0.2, 0) is 0 Å². The van der Waals surface area contributed by atoms with Gasteiger partial charge in [0, 0.05) is 61.9 Å². The summed E-state index contributed by atoms with van der Waals surface area (Å²) in [6.07, 6.45) is 8.10. The van der Waals surface area contributed by atoms with Crippen molar-refractivity contribution in [3.63, 3.8) is 0 Å². The minimum Gasteiger partial charge on any atom is -0.456 e. The van der Waals surface area contributed by atoms with Crippen molar-refractivity contribution in [2.75, 3.05) is 0 Å². The van der Waals surface area contributed by atoms with Crippen molar-refractivity contribution in [3.8, 4) is 39.7 Å². The van der Waals surface area contributed by atoms with Crippen molar-refractivity contribution >= 4 is 55.5 Å². The summed E-state index contributed by atoms with van der Waals surface area (Å²) >= 11 is 0. The molecule has 224 valence electrons. The van der Waals surface area contributed by atoms with E-state index in [1.165, 1.54) is 5.39 Å². The number of aromatic nitrogens is 3. The highest BCUT2D eigenvalue weighted by Crippen LogP contribution is 2.42. The molecular formula is C44H27N3O. The van der Waals surface area contributed by atoms with Crippen LogP contribution in [0.25, 0.3) is 83.7 Å². The Morgan fingerprint density at radius 2 is 1.04 bits per heavy atom. The van der Waals surface area contributed by atoms with Crippen molar-refractivity contribution in [1.82, 2.24) is 14.5 Å². The Hall–Kier alpha value is -6.52. The summed E-state index contributed by atoms with van der Waals surface area (Å²) in [4.78, 5) is 9.91. The Bertz CT molecular complexity index is 2660. The van der Waals surface area contributed by atoms with E-state index < -0.39 is 0 Å².